The van der Waals surface area contributed by atoms with Crippen molar-refractivity contribution >= 4 is 40.9 Å². The maximum atomic E-state index is 13.9. The topological polar surface area (TPSA) is 130 Å². The van der Waals surface area contributed by atoms with Crippen LogP contribution in [0.2, 0.25) is 10.0 Å². The number of piperidine rings is 1. The highest BCUT2D eigenvalue weighted by molar-refractivity contribution is 7.99. The first-order chi connectivity index (χ1) is 20.5. The van der Waals surface area contributed by atoms with E-state index in [-0.39, 0.29) is 22.2 Å². The number of aliphatic hydroxyl groups is 3. The second kappa shape index (κ2) is 13.7. The lowest BCUT2D eigenvalue weighted by Gasteiger charge is -2.44. The number of ether oxygens (including phenoxy) is 2. The van der Waals surface area contributed by atoms with Gasteiger partial charge in [-0.3, -0.25) is 4.79 Å². The molecule has 2 fully saturated rings. The van der Waals surface area contributed by atoms with E-state index in [1.165, 1.54) is 10.9 Å². The number of rotatable bonds is 8. The lowest BCUT2D eigenvalue weighted by atomic mass is 9.97. The fraction of sp³-hybridized carbons (Fsp3) is 0.444. The third-order valence-corrected chi connectivity index (χ3v) is 9.16. The van der Waals surface area contributed by atoms with E-state index in [2.05, 4.69) is 10.3 Å². The molecule has 0 bridgehead atoms. The summed E-state index contributed by atoms with van der Waals surface area (Å²) in [6.45, 7) is -0.303. The number of nitrogens with zero attached hydrogens (tertiary/aromatic N) is 4. The minimum absolute atomic E-state index is 0.0348. The summed E-state index contributed by atoms with van der Waals surface area (Å²) < 4.78 is 54.7. The number of amides is 1. The summed E-state index contributed by atoms with van der Waals surface area (Å²) >= 11 is 13.4. The molecule has 16 heteroatoms. The second-order valence-corrected chi connectivity index (χ2v) is 12.1. The van der Waals surface area contributed by atoms with Gasteiger partial charge in [-0.15, -0.1) is 5.10 Å². The standard InChI is InChI=1S/C27H27Cl2F3N4O6S/c28-16-2-1-15(9-17(16)29)43-27-26(41-12-22(39)35-5-3-14(38)4-6-35)24(25(40)21(11-37)42-27)36-10-20(33-34-36)13-7-18(30)23(32)19(31)8-13/h1-2,7-10,14,21,24-27,37-38,40H,3-6,11-12H2/t21-,24+,25+,26-,27-/m1/s1. The van der Waals surface area contributed by atoms with E-state index in [1.54, 1.807) is 23.1 Å². The van der Waals surface area contributed by atoms with Crippen molar-refractivity contribution in [2.45, 2.75) is 53.6 Å². The Kier molecular flexibility index (Phi) is 10.2. The minimum Gasteiger partial charge on any atom is -0.394 e. The number of aliphatic hydroxyl groups excluding tert-OH is 3. The molecule has 3 heterocycles. The Morgan fingerprint density at radius 1 is 1.09 bits per heavy atom. The molecule has 2 aliphatic heterocycles. The number of carbonyl (C=O) groups is 1. The first-order valence-electron chi connectivity index (χ1n) is 13.3. The molecular weight excluding hydrogens is 636 g/mol. The van der Waals surface area contributed by atoms with Crippen molar-refractivity contribution in [3.05, 3.63) is 64.0 Å². The van der Waals surface area contributed by atoms with Crippen LogP contribution in [-0.4, -0.2) is 97.3 Å². The van der Waals surface area contributed by atoms with E-state index in [0.717, 1.165) is 23.9 Å². The summed E-state index contributed by atoms with van der Waals surface area (Å²) in [5.74, 6) is -4.82. The molecule has 2 aliphatic rings. The maximum absolute atomic E-state index is 13.9. The molecule has 0 saturated carbocycles. The predicted molar refractivity (Wildman–Crippen MR) is 150 cm³/mol. The number of halogens is 5. The number of hydrogen-bond donors (Lipinski definition) is 3. The van der Waals surface area contributed by atoms with E-state index in [4.69, 9.17) is 32.7 Å². The van der Waals surface area contributed by atoms with Gasteiger partial charge in [0.25, 0.3) is 0 Å². The van der Waals surface area contributed by atoms with Crippen molar-refractivity contribution in [3.63, 3.8) is 0 Å². The summed E-state index contributed by atoms with van der Waals surface area (Å²) in [6, 6.07) is 5.27. The number of thioether (sulfide) groups is 1. The molecule has 3 aromatic rings. The minimum atomic E-state index is -1.63. The zero-order valence-corrected chi connectivity index (χ0v) is 24.7. The molecule has 2 saturated heterocycles. The lowest BCUT2D eigenvalue weighted by molar-refractivity contribution is -0.195. The van der Waals surface area contributed by atoms with Crippen LogP contribution >= 0.6 is 35.0 Å². The van der Waals surface area contributed by atoms with Crippen LogP contribution in [0.25, 0.3) is 11.3 Å². The van der Waals surface area contributed by atoms with Gasteiger partial charge in [0.05, 0.1) is 29.0 Å². The number of benzene rings is 2. The first-order valence-corrected chi connectivity index (χ1v) is 14.9. The third-order valence-electron chi connectivity index (χ3n) is 7.28. The van der Waals surface area contributed by atoms with Crippen molar-refractivity contribution in [3.8, 4) is 11.3 Å². The summed E-state index contributed by atoms with van der Waals surface area (Å²) in [4.78, 5) is 15.2. The molecular formula is C27H27Cl2F3N4O6S. The van der Waals surface area contributed by atoms with Gasteiger partial charge in [-0.2, -0.15) is 0 Å². The van der Waals surface area contributed by atoms with Crippen LogP contribution in [0.3, 0.4) is 0 Å². The SMILES string of the molecule is O=C(CO[C@@H]1[C@@H](n2cc(-c3cc(F)c(F)c(F)c3)nn2)[C@@H](O)[C@@H](CO)O[C@@H]1Sc1ccc(Cl)c(Cl)c1)N1CCC(O)CC1. The van der Waals surface area contributed by atoms with Crippen molar-refractivity contribution in [2.75, 3.05) is 26.3 Å². The predicted octanol–water partition coefficient (Wildman–Crippen LogP) is 3.45. The van der Waals surface area contributed by atoms with Gasteiger partial charge >= 0.3 is 0 Å². The number of hydrogen-bond acceptors (Lipinski definition) is 9. The van der Waals surface area contributed by atoms with Crippen molar-refractivity contribution in [2.24, 2.45) is 0 Å². The third kappa shape index (κ3) is 7.12. The van der Waals surface area contributed by atoms with Gasteiger partial charge in [-0.25, -0.2) is 17.9 Å². The molecule has 0 aliphatic carbocycles. The Balaban J connectivity index is 1.47. The fourth-order valence-electron chi connectivity index (χ4n) is 4.95. The van der Waals surface area contributed by atoms with E-state index in [0.29, 0.717) is 35.8 Å². The van der Waals surface area contributed by atoms with Crippen LogP contribution in [0.1, 0.15) is 18.9 Å². The number of aromatic nitrogens is 3. The van der Waals surface area contributed by atoms with Crippen LogP contribution in [-0.2, 0) is 14.3 Å². The largest absolute Gasteiger partial charge is 0.394 e. The van der Waals surface area contributed by atoms with Crippen LogP contribution < -0.4 is 0 Å². The molecule has 2 aromatic carbocycles. The number of likely N-dealkylation sites (tertiary alicyclic amines) is 1. The molecule has 43 heavy (non-hydrogen) atoms. The van der Waals surface area contributed by atoms with Gasteiger partial charge in [0, 0.05) is 23.5 Å². The zero-order chi connectivity index (χ0) is 30.8. The van der Waals surface area contributed by atoms with Crippen LogP contribution in [0.5, 0.6) is 0 Å². The first kappa shape index (κ1) is 32.0. The second-order valence-electron chi connectivity index (χ2n) is 10.1. The summed E-state index contributed by atoms with van der Waals surface area (Å²) in [7, 11) is 0. The van der Waals surface area contributed by atoms with Gasteiger partial charge in [-0.05, 0) is 43.2 Å². The Labute approximate surface area is 258 Å². The quantitative estimate of drug-likeness (QED) is 0.311. The van der Waals surface area contributed by atoms with Crippen molar-refractivity contribution in [1.82, 2.24) is 19.9 Å². The normalized spacial score (nSPS) is 24.8. The zero-order valence-electron chi connectivity index (χ0n) is 22.3. The molecule has 1 amide bonds. The molecule has 1 aromatic heterocycles. The van der Waals surface area contributed by atoms with E-state index in [1.807, 2.05) is 0 Å². The van der Waals surface area contributed by atoms with Gasteiger partial charge < -0.3 is 29.7 Å². The Morgan fingerprint density at radius 3 is 2.44 bits per heavy atom. The Bertz CT molecular complexity index is 1440. The summed E-state index contributed by atoms with van der Waals surface area (Å²) in [5.41, 5.74) is -1.08. The van der Waals surface area contributed by atoms with Crippen LogP contribution in [0.15, 0.2) is 41.4 Å². The van der Waals surface area contributed by atoms with Gasteiger partial charge in [-0.1, -0.05) is 40.2 Å². The maximum Gasteiger partial charge on any atom is 0.248 e. The fourth-order valence-corrected chi connectivity index (χ4v) is 6.49. The Hall–Kier alpha value is -2.43. The molecule has 10 nitrogen and oxygen atoms in total. The van der Waals surface area contributed by atoms with Crippen molar-refractivity contribution in [1.29, 1.82) is 0 Å². The van der Waals surface area contributed by atoms with Crippen LogP contribution in [0, 0.1) is 17.5 Å². The highest BCUT2D eigenvalue weighted by atomic mass is 35.5. The molecule has 0 radical (unpaired) electrons. The summed E-state index contributed by atoms with van der Waals surface area (Å²) in [6.07, 6.45) is -1.99. The molecule has 0 unspecified atom stereocenters. The number of carbonyl (C=O) groups excluding carboxylic acids is 1. The van der Waals surface area contributed by atoms with Crippen molar-refractivity contribution < 1.29 is 42.8 Å². The molecule has 5 atom stereocenters. The molecule has 232 valence electrons. The van der Waals surface area contributed by atoms with Gasteiger partial charge in [0.1, 0.15) is 42.1 Å². The lowest BCUT2D eigenvalue weighted by Crippen LogP contribution is -2.56. The average molecular weight is 664 g/mol. The summed E-state index contributed by atoms with van der Waals surface area (Å²) in [5, 5.41) is 39.7. The van der Waals surface area contributed by atoms with E-state index < -0.39 is 66.6 Å². The molecule has 3 N–H and O–H groups in total. The smallest absolute Gasteiger partial charge is 0.248 e. The highest BCUT2D eigenvalue weighted by Crippen LogP contribution is 2.41. The van der Waals surface area contributed by atoms with E-state index >= 15 is 0 Å². The van der Waals surface area contributed by atoms with Crippen LogP contribution in [0.4, 0.5) is 13.2 Å². The van der Waals surface area contributed by atoms with E-state index in [9.17, 15) is 33.3 Å². The van der Waals surface area contributed by atoms with Gasteiger partial charge in [0.2, 0.25) is 5.91 Å². The molecule has 0 spiro atoms. The molecule has 5 rings (SSSR count). The van der Waals surface area contributed by atoms with Gasteiger partial charge in [0.15, 0.2) is 17.5 Å². The highest BCUT2D eigenvalue weighted by Gasteiger charge is 2.48. The Morgan fingerprint density at radius 2 is 1.79 bits per heavy atom. The monoisotopic (exact) mass is 662 g/mol. The average Bonchev–Trinajstić information content (AvgIpc) is 3.47.